The van der Waals surface area contributed by atoms with Crippen LogP contribution in [0.4, 0.5) is 4.79 Å². The molecule has 7 heteroatoms. The molecule has 1 rings (SSSR count). The smallest absolute Gasteiger partial charge is 0.407 e. The van der Waals surface area contributed by atoms with Crippen LogP contribution in [0.5, 0.6) is 0 Å². The molecule has 0 aromatic carbocycles. The molecule has 0 bridgehead atoms. The summed E-state index contributed by atoms with van der Waals surface area (Å²) in [7, 11) is 0. The van der Waals surface area contributed by atoms with Gasteiger partial charge in [0.25, 0.3) is 0 Å². The SMILES string of the molecule is Cc1cc(Cl)nc(Cl)c1CC(N)CNC(=O)OC(C)(C)C. The largest absolute Gasteiger partial charge is 0.444 e. The van der Waals surface area contributed by atoms with Crippen LogP contribution in [0.1, 0.15) is 31.9 Å². The van der Waals surface area contributed by atoms with Crippen LogP contribution in [0.25, 0.3) is 0 Å². The molecular formula is C14H21Cl2N3O2. The van der Waals surface area contributed by atoms with E-state index in [4.69, 9.17) is 33.7 Å². The molecule has 0 aliphatic rings. The van der Waals surface area contributed by atoms with Crippen LogP contribution >= 0.6 is 23.2 Å². The van der Waals surface area contributed by atoms with E-state index >= 15 is 0 Å². The fourth-order valence-corrected chi connectivity index (χ4v) is 2.34. The lowest BCUT2D eigenvalue weighted by molar-refractivity contribution is 0.0524. The molecule has 0 radical (unpaired) electrons. The van der Waals surface area contributed by atoms with Crippen LogP contribution in [0.3, 0.4) is 0 Å². The third-order valence-electron chi connectivity index (χ3n) is 2.64. The maximum atomic E-state index is 11.5. The molecule has 118 valence electrons. The zero-order chi connectivity index (χ0) is 16.2. The molecule has 0 fully saturated rings. The Labute approximate surface area is 135 Å². The summed E-state index contributed by atoms with van der Waals surface area (Å²) < 4.78 is 5.14. The van der Waals surface area contributed by atoms with Crippen LogP contribution in [-0.2, 0) is 11.2 Å². The predicted molar refractivity (Wildman–Crippen MR) is 84.9 cm³/mol. The monoisotopic (exact) mass is 333 g/mol. The lowest BCUT2D eigenvalue weighted by atomic mass is 10.0. The van der Waals surface area contributed by atoms with E-state index in [1.807, 2.05) is 6.92 Å². The lowest BCUT2D eigenvalue weighted by Gasteiger charge is -2.21. The highest BCUT2D eigenvalue weighted by atomic mass is 35.5. The third-order valence-corrected chi connectivity index (χ3v) is 3.15. The van der Waals surface area contributed by atoms with E-state index in [1.54, 1.807) is 26.8 Å². The molecule has 1 aromatic heterocycles. The van der Waals surface area contributed by atoms with Gasteiger partial charge in [-0.1, -0.05) is 23.2 Å². The number of nitrogens with zero attached hydrogens (tertiary/aromatic N) is 1. The number of nitrogens with one attached hydrogen (secondary N) is 1. The normalized spacial score (nSPS) is 12.9. The van der Waals surface area contributed by atoms with Crippen molar-refractivity contribution in [2.75, 3.05) is 6.54 Å². The molecule has 5 nitrogen and oxygen atoms in total. The van der Waals surface area contributed by atoms with Gasteiger partial charge in [-0.25, -0.2) is 9.78 Å². The highest BCUT2D eigenvalue weighted by molar-refractivity contribution is 6.33. The van der Waals surface area contributed by atoms with Crippen molar-refractivity contribution in [2.45, 2.75) is 45.8 Å². The highest BCUT2D eigenvalue weighted by Gasteiger charge is 2.17. The number of rotatable bonds is 4. The van der Waals surface area contributed by atoms with Crippen molar-refractivity contribution in [3.05, 3.63) is 27.5 Å². The first-order valence-electron chi connectivity index (χ1n) is 6.62. The minimum atomic E-state index is -0.534. The number of ether oxygens (including phenoxy) is 1. The van der Waals surface area contributed by atoms with Crippen molar-refractivity contribution >= 4 is 29.3 Å². The Morgan fingerprint density at radius 3 is 2.62 bits per heavy atom. The summed E-state index contributed by atoms with van der Waals surface area (Å²) in [5.74, 6) is 0. The van der Waals surface area contributed by atoms with Gasteiger partial charge in [0.2, 0.25) is 0 Å². The Bertz CT molecular complexity index is 492. The van der Waals surface area contributed by atoms with E-state index in [2.05, 4.69) is 10.3 Å². The van der Waals surface area contributed by atoms with E-state index in [-0.39, 0.29) is 12.6 Å². The van der Waals surface area contributed by atoms with Gasteiger partial charge in [-0.15, -0.1) is 0 Å². The average molecular weight is 334 g/mol. The van der Waals surface area contributed by atoms with E-state index in [1.165, 1.54) is 0 Å². The van der Waals surface area contributed by atoms with Gasteiger partial charge in [-0.2, -0.15) is 0 Å². The van der Waals surface area contributed by atoms with Crippen molar-refractivity contribution in [3.8, 4) is 0 Å². The number of aryl methyl sites for hydroxylation is 1. The molecule has 1 amide bonds. The van der Waals surface area contributed by atoms with Crippen LogP contribution in [-0.4, -0.2) is 29.3 Å². The van der Waals surface area contributed by atoms with Crippen molar-refractivity contribution in [1.82, 2.24) is 10.3 Å². The minimum Gasteiger partial charge on any atom is -0.444 e. The zero-order valence-corrected chi connectivity index (χ0v) is 14.2. The molecule has 0 aliphatic carbocycles. The number of hydrogen-bond donors (Lipinski definition) is 2. The summed E-state index contributed by atoms with van der Waals surface area (Å²) in [5.41, 5.74) is 7.23. The van der Waals surface area contributed by atoms with Crippen molar-refractivity contribution in [2.24, 2.45) is 5.73 Å². The Hall–Kier alpha value is -1.04. The van der Waals surface area contributed by atoms with E-state index < -0.39 is 11.7 Å². The number of aromatic nitrogens is 1. The first-order chi connectivity index (χ1) is 9.58. The standard InChI is InChI=1S/C14H21Cl2N3O2/c1-8-5-11(15)19-12(16)10(8)6-9(17)7-18-13(20)21-14(2,3)4/h5,9H,6-7,17H2,1-4H3,(H,18,20). The van der Waals surface area contributed by atoms with Gasteiger partial charge in [0.1, 0.15) is 15.9 Å². The first kappa shape index (κ1) is 18.0. The third kappa shape index (κ3) is 6.50. The number of pyridine rings is 1. The summed E-state index contributed by atoms with van der Waals surface area (Å²) in [6, 6.07) is 1.44. The molecular weight excluding hydrogens is 313 g/mol. The number of alkyl carbamates (subject to hydrolysis) is 1. The molecule has 1 aromatic rings. The van der Waals surface area contributed by atoms with Crippen molar-refractivity contribution in [1.29, 1.82) is 0 Å². The summed E-state index contributed by atoms with van der Waals surface area (Å²) in [4.78, 5) is 15.5. The molecule has 1 unspecified atom stereocenters. The number of carbonyl (C=O) groups is 1. The first-order valence-corrected chi connectivity index (χ1v) is 7.38. The van der Waals surface area contributed by atoms with Gasteiger partial charge in [0, 0.05) is 12.6 Å². The molecule has 0 aliphatic heterocycles. The summed E-state index contributed by atoms with van der Waals surface area (Å²) in [6.07, 6.45) is -0.0000330. The van der Waals surface area contributed by atoms with Crippen LogP contribution in [0, 0.1) is 6.92 Å². The Morgan fingerprint density at radius 2 is 2.10 bits per heavy atom. The average Bonchev–Trinajstić information content (AvgIpc) is 2.29. The van der Waals surface area contributed by atoms with E-state index in [0.29, 0.717) is 16.7 Å². The quantitative estimate of drug-likeness (QED) is 0.830. The molecule has 1 heterocycles. The van der Waals surface area contributed by atoms with Gasteiger partial charge >= 0.3 is 6.09 Å². The van der Waals surface area contributed by atoms with Crippen LogP contribution < -0.4 is 11.1 Å². The van der Waals surface area contributed by atoms with Gasteiger partial charge in [-0.05, 0) is 51.3 Å². The molecule has 0 spiro atoms. The second-order valence-corrected chi connectivity index (χ2v) is 6.62. The Morgan fingerprint density at radius 1 is 1.48 bits per heavy atom. The molecule has 3 N–H and O–H groups in total. The van der Waals surface area contributed by atoms with Crippen LogP contribution in [0.15, 0.2) is 6.07 Å². The number of halogens is 2. The maximum absolute atomic E-state index is 11.5. The molecule has 21 heavy (non-hydrogen) atoms. The highest BCUT2D eigenvalue weighted by Crippen LogP contribution is 2.22. The van der Waals surface area contributed by atoms with Crippen molar-refractivity contribution in [3.63, 3.8) is 0 Å². The Kier molecular flexibility index (Phi) is 6.25. The van der Waals surface area contributed by atoms with Crippen LogP contribution in [0.2, 0.25) is 10.3 Å². The summed E-state index contributed by atoms with van der Waals surface area (Å²) >= 11 is 11.9. The van der Waals surface area contributed by atoms with Gasteiger partial charge in [0.15, 0.2) is 0 Å². The topological polar surface area (TPSA) is 77.2 Å². The van der Waals surface area contributed by atoms with Gasteiger partial charge in [-0.3, -0.25) is 0 Å². The predicted octanol–water partition coefficient (Wildman–Crippen LogP) is 3.09. The van der Waals surface area contributed by atoms with E-state index in [0.717, 1.165) is 11.1 Å². The number of carbonyl (C=O) groups excluding carboxylic acids is 1. The number of hydrogen-bond acceptors (Lipinski definition) is 4. The van der Waals surface area contributed by atoms with Gasteiger partial charge < -0.3 is 15.8 Å². The fourth-order valence-electron chi connectivity index (χ4n) is 1.73. The van der Waals surface area contributed by atoms with E-state index in [9.17, 15) is 4.79 Å². The lowest BCUT2D eigenvalue weighted by Crippen LogP contribution is -2.41. The van der Waals surface area contributed by atoms with Crippen molar-refractivity contribution < 1.29 is 9.53 Å². The van der Waals surface area contributed by atoms with Gasteiger partial charge in [0.05, 0.1) is 0 Å². The Balaban J connectivity index is 2.55. The molecule has 0 saturated carbocycles. The molecule has 0 saturated heterocycles. The second-order valence-electron chi connectivity index (χ2n) is 5.88. The fraction of sp³-hybridized carbons (Fsp3) is 0.571. The number of amides is 1. The zero-order valence-electron chi connectivity index (χ0n) is 12.7. The minimum absolute atomic E-state index is 0.285. The summed E-state index contributed by atoms with van der Waals surface area (Å²) in [6.45, 7) is 7.58. The second kappa shape index (κ2) is 7.29. The maximum Gasteiger partial charge on any atom is 0.407 e. The summed E-state index contributed by atoms with van der Waals surface area (Å²) in [5, 5.41) is 3.32. The molecule has 1 atom stereocenters. The number of nitrogens with two attached hydrogens (primary N) is 1.